The van der Waals surface area contributed by atoms with Crippen molar-refractivity contribution in [2.75, 3.05) is 32.7 Å². The number of hydrogen-bond donors (Lipinski definition) is 2. The fourth-order valence-electron chi connectivity index (χ4n) is 4.09. The second-order valence-electron chi connectivity index (χ2n) is 8.56. The van der Waals surface area contributed by atoms with E-state index in [4.69, 9.17) is 0 Å². The second kappa shape index (κ2) is 9.81. The van der Waals surface area contributed by atoms with Crippen molar-refractivity contribution in [2.24, 2.45) is 0 Å². The highest BCUT2D eigenvalue weighted by molar-refractivity contribution is 7.09. The fraction of sp³-hybridized carbons (Fsp3) is 0.435. The molecule has 2 aromatic rings. The van der Waals surface area contributed by atoms with E-state index in [9.17, 15) is 14.4 Å². The number of hydrazine groups is 1. The fourth-order valence-corrected chi connectivity index (χ4v) is 4.83. The number of amides is 4. The number of carbonyl (C=O) groups excluding carboxylic acids is 3. The molecule has 2 saturated heterocycles. The van der Waals surface area contributed by atoms with E-state index in [0.717, 1.165) is 43.3 Å². The summed E-state index contributed by atoms with van der Waals surface area (Å²) in [4.78, 5) is 43.6. The number of piperazine rings is 1. The number of urea groups is 1. The van der Waals surface area contributed by atoms with E-state index >= 15 is 0 Å². The van der Waals surface area contributed by atoms with Gasteiger partial charge in [0.2, 0.25) is 0 Å². The van der Waals surface area contributed by atoms with Gasteiger partial charge in [-0.05, 0) is 36.8 Å². The zero-order chi connectivity index (χ0) is 22.6. The Hall–Kier alpha value is -2.75. The number of hydrogen-bond acceptors (Lipinski definition) is 6. The monoisotopic (exact) mass is 455 g/mol. The minimum absolute atomic E-state index is 0.157. The first-order valence-electron chi connectivity index (χ1n) is 10.9. The summed E-state index contributed by atoms with van der Waals surface area (Å²) >= 11 is 1.75. The van der Waals surface area contributed by atoms with Crippen LogP contribution in [0.15, 0.2) is 47.8 Å². The highest BCUT2D eigenvalue weighted by Gasteiger charge is 2.48. The minimum Gasteiger partial charge on any atom is -0.322 e. The van der Waals surface area contributed by atoms with E-state index in [1.54, 1.807) is 18.3 Å². The second-order valence-corrected chi connectivity index (χ2v) is 9.59. The Kier molecular flexibility index (Phi) is 6.88. The van der Waals surface area contributed by atoms with Gasteiger partial charge in [-0.25, -0.2) is 4.79 Å². The van der Waals surface area contributed by atoms with Crippen molar-refractivity contribution in [1.82, 2.24) is 25.6 Å². The van der Waals surface area contributed by atoms with E-state index in [-0.39, 0.29) is 12.5 Å². The van der Waals surface area contributed by atoms with Gasteiger partial charge in [0.05, 0.1) is 6.54 Å². The van der Waals surface area contributed by atoms with Crippen LogP contribution in [0, 0.1) is 0 Å². The molecule has 3 heterocycles. The van der Waals surface area contributed by atoms with Crippen LogP contribution in [0.4, 0.5) is 4.79 Å². The first kappa shape index (κ1) is 22.4. The topological polar surface area (TPSA) is 85.0 Å². The molecule has 4 rings (SSSR count). The molecular weight excluding hydrogens is 426 g/mol. The maximum absolute atomic E-state index is 12.9. The van der Waals surface area contributed by atoms with Crippen LogP contribution < -0.4 is 10.7 Å². The lowest BCUT2D eigenvalue weighted by Gasteiger charge is -2.34. The Bertz CT molecular complexity index is 944. The van der Waals surface area contributed by atoms with E-state index < -0.39 is 17.5 Å². The highest BCUT2D eigenvalue weighted by atomic mass is 32.1. The summed E-state index contributed by atoms with van der Waals surface area (Å²) in [6, 6.07) is 13.4. The first-order valence-corrected chi connectivity index (χ1v) is 11.8. The standard InChI is InChI=1S/C23H29N5O3S/c1-23(10-9-18-6-3-2-4-7-18)21(30)28(22(31)24-23)25-20(29)17-27-13-11-26(12-14-27)16-19-8-5-15-32-19/h2-8,15H,9-14,16-17H2,1H3,(H,24,31)(H,25,29)/t23-/m0/s1. The number of imide groups is 1. The van der Waals surface area contributed by atoms with Crippen molar-refractivity contribution in [3.05, 3.63) is 58.3 Å². The van der Waals surface area contributed by atoms with Crippen LogP contribution in [-0.2, 0) is 22.6 Å². The molecule has 0 spiro atoms. The van der Waals surface area contributed by atoms with E-state index in [1.165, 1.54) is 4.88 Å². The average molecular weight is 456 g/mol. The molecule has 32 heavy (non-hydrogen) atoms. The molecule has 4 amide bonds. The minimum atomic E-state index is -1.03. The summed E-state index contributed by atoms with van der Waals surface area (Å²) in [5, 5.41) is 5.65. The molecule has 0 bridgehead atoms. The molecule has 1 atom stereocenters. The number of thiophene rings is 1. The normalized spacial score (nSPS) is 22.2. The molecule has 2 N–H and O–H groups in total. The molecular formula is C23H29N5O3S. The largest absolute Gasteiger partial charge is 0.344 e. The van der Waals surface area contributed by atoms with Crippen LogP contribution in [0.5, 0.6) is 0 Å². The molecule has 2 aliphatic heterocycles. The van der Waals surface area contributed by atoms with Gasteiger partial charge >= 0.3 is 6.03 Å². The lowest BCUT2D eigenvalue weighted by atomic mass is 9.93. The Morgan fingerprint density at radius 3 is 2.47 bits per heavy atom. The number of carbonyl (C=O) groups is 3. The van der Waals surface area contributed by atoms with Crippen LogP contribution in [-0.4, -0.2) is 70.9 Å². The molecule has 1 aromatic carbocycles. The highest BCUT2D eigenvalue weighted by Crippen LogP contribution is 2.22. The van der Waals surface area contributed by atoms with Crippen LogP contribution in [0.2, 0.25) is 0 Å². The molecule has 8 nitrogen and oxygen atoms in total. The lowest BCUT2D eigenvalue weighted by molar-refractivity contribution is -0.139. The molecule has 0 radical (unpaired) electrons. The third kappa shape index (κ3) is 5.35. The van der Waals surface area contributed by atoms with Gasteiger partial charge < -0.3 is 5.32 Å². The molecule has 0 saturated carbocycles. The van der Waals surface area contributed by atoms with Gasteiger partial charge in [-0.2, -0.15) is 5.01 Å². The number of benzene rings is 1. The number of aryl methyl sites for hydroxylation is 1. The molecule has 0 aliphatic carbocycles. The predicted molar refractivity (Wildman–Crippen MR) is 123 cm³/mol. The maximum atomic E-state index is 12.9. The van der Waals surface area contributed by atoms with Crippen molar-refractivity contribution in [3.63, 3.8) is 0 Å². The summed E-state index contributed by atoms with van der Waals surface area (Å²) < 4.78 is 0. The van der Waals surface area contributed by atoms with Crippen molar-refractivity contribution < 1.29 is 14.4 Å². The summed E-state index contributed by atoms with van der Waals surface area (Å²) in [5.74, 6) is -0.778. The van der Waals surface area contributed by atoms with Crippen LogP contribution in [0.1, 0.15) is 23.8 Å². The Balaban J connectivity index is 1.24. The third-order valence-corrected chi connectivity index (χ3v) is 6.91. The van der Waals surface area contributed by atoms with E-state index in [0.29, 0.717) is 12.8 Å². The number of nitrogens with zero attached hydrogens (tertiary/aromatic N) is 3. The molecule has 1 aromatic heterocycles. The van der Waals surface area contributed by atoms with Crippen LogP contribution in [0.3, 0.4) is 0 Å². The Labute approximate surface area is 192 Å². The molecule has 2 aliphatic rings. The first-order chi connectivity index (χ1) is 15.4. The Morgan fingerprint density at radius 2 is 1.78 bits per heavy atom. The zero-order valence-corrected chi connectivity index (χ0v) is 19.1. The van der Waals surface area contributed by atoms with Crippen molar-refractivity contribution in [2.45, 2.75) is 31.8 Å². The van der Waals surface area contributed by atoms with Gasteiger partial charge in [-0.15, -0.1) is 11.3 Å². The van der Waals surface area contributed by atoms with Gasteiger partial charge in [0, 0.05) is 37.6 Å². The quantitative estimate of drug-likeness (QED) is 0.594. The molecule has 170 valence electrons. The van der Waals surface area contributed by atoms with Gasteiger partial charge in [-0.1, -0.05) is 36.4 Å². The third-order valence-electron chi connectivity index (χ3n) is 6.05. The summed E-state index contributed by atoms with van der Waals surface area (Å²) in [6.45, 7) is 6.10. The van der Waals surface area contributed by atoms with E-state index in [1.807, 2.05) is 35.2 Å². The van der Waals surface area contributed by atoms with Gasteiger partial charge in [0.25, 0.3) is 11.8 Å². The van der Waals surface area contributed by atoms with Gasteiger partial charge in [0.1, 0.15) is 5.54 Å². The summed E-state index contributed by atoms with van der Waals surface area (Å²) in [6.07, 6.45) is 1.11. The Morgan fingerprint density at radius 1 is 1.06 bits per heavy atom. The van der Waals surface area contributed by atoms with Crippen molar-refractivity contribution >= 4 is 29.2 Å². The molecule has 2 fully saturated rings. The van der Waals surface area contributed by atoms with Crippen LogP contribution in [0.25, 0.3) is 0 Å². The zero-order valence-electron chi connectivity index (χ0n) is 18.3. The number of rotatable bonds is 8. The SMILES string of the molecule is C[C@@]1(CCc2ccccc2)NC(=O)N(NC(=O)CN2CCN(Cc3cccs3)CC2)C1=O. The lowest BCUT2D eigenvalue weighted by Crippen LogP contribution is -2.53. The predicted octanol–water partition coefficient (Wildman–Crippen LogP) is 1.84. The van der Waals surface area contributed by atoms with E-state index in [2.05, 4.69) is 33.2 Å². The van der Waals surface area contributed by atoms with Crippen molar-refractivity contribution in [3.8, 4) is 0 Å². The van der Waals surface area contributed by atoms with Gasteiger partial charge in [-0.3, -0.25) is 24.8 Å². The number of nitrogens with one attached hydrogen (secondary N) is 2. The van der Waals surface area contributed by atoms with Gasteiger partial charge in [0.15, 0.2) is 0 Å². The summed E-state index contributed by atoms with van der Waals surface area (Å²) in [5.41, 5.74) is 2.57. The van der Waals surface area contributed by atoms with Crippen molar-refractivity contribution in [1.29, 1.82) is 0 Å². The average Bonchev–Trinajstić information content (AvgIpc) is 3.37. The smallest absolute Gasteiger partial charge is 0.322 e. The van der Waals surface area contributed by atoms with Crippen LogP contribution >= 0.6 is 11.3 Å². The molecule has 9 heteroatoms. The maximum Gasteiger partial charge on any atom is 0.344 e. The molecule has 0 unspecified atom stereocenters. The summed E-state index contributed by atoms with van der Waals surface area (Å²) in [7, 11) is 0.